The van der Waals surface area contributed by atoms with Gasteiger partial charge in [0, 0.05) is 26.1 Å². The quantitative estimate of drug-likeness (QED) is 0.320. The molecule has 1 fully saturated rings. The molecule has 0 aromatic heterocycles. The molecule has 48 heavy (non-hydrogen) atoms. The number of carbonyl (C=O) groups excluding carboxylic acids is 5. The first-order chi connectivity index (χ1) is 23.3. The molecule has 0 spiro atoms. The van der Waals surface area contributed by atoms with E-state index in [0.717, 1.165) is 5.56 Å². The highest BCUT2D eigenvalue weighted by Gasteiger charge is 2.38. The van der Waals surface area contributed by atoms with Crippen LogP contribution in [-0.2, 0) is 32.0 Å². The molecule has 0 saturated carbocycles. The number of rotatable bonds is 6. The molecule has 0 bridgehead atoms. The third-order valence-corrected chi connectivity index (χ3v) is 8.45. The monoisotopic (exact) mass is 657 g/mol. The number of fused-ring (bicyclic) bond motifs is 2. The van der Waals surface area contributed by atoms with Gasteiger partial charge < -0.3 is 30.9 Å². The molecular weight excluding hydrogens is 617 g/mol. The van der Waals surface area contributed by atoms with Crippen LogP contribution in [0.1, 0.15) is 47.2 Å². The summed E-state index contributed by atoms with van der Waals surface area (Å²) >= 11 is 0. The minimum absolute atomic E-state index is 0.0691. The van der Waals surface area contributed by atoms with Crippen molar-refractivity contribution >= 4 is 29.5 Å². The number of hydrogen-bond donors (Lipinski definition) is 4. The van der Waals surface area contributed by atoms with Gasteiger partial charge in [-0.1, -0.05) is 60.7 Å². The lowest BCUT2D eigenvalue weighted by atomic mass is 10.0. The van der Waals surface area contributed by atoms with Gasteiger partial charge in [0.1, 0.15) is 29.7 Å². The zero-order chi connectivity index (χ0) is 33.9. The van der Waals surface area contributed by atoms with Crippen molar-refractivity contribution in [2.75, 3.05) is 26.2 Å². The first kappa shape index (κ1) is 34.1. The molecule has 3 aromatic carbocycles. The molecule has 3 aromatic rings. The van der Waals surface area contributed by atoms with Crippen molar-refractivity contribution < 1.29 is 33.1 Å². The minimum Gasteiger partial charge on any atom is -0.493 e. The molecule has 2 heterocycles. The third-order valence-electron chi connectivity index (χ3n) is 8.45. The third kappa shape index (κ3) is 8.96. The van der Waals surface area contributed by atoms with Gasteiger partial charge in [-0.3, -0.25) is 24.0 Å². The smallest absolute Gasteiger partial charge is 0.255 e. The molecule has 0 radical (unpaired) electrons. The van der Waals surface area contributed by atoms with E-state index in [9.17, 15) is 28.4 Å². The Morgan fingerprint density at radius 2 is 1.65 bits per heavy atom. The number of nitrogens with one attached hydrogen (secondary N) is 4. The van der Waals surface area contributed by atoms with Crippen molar-refractivity contribution in [3.8, 4) is 5.75 Å². The van der Waals surface area contributed by atoms with Crippen LogP contribution in [0.25, 0.3) is 0 Å². The van der Waals surface area contributed by atoms with E-state index < -0.39 is 54.0 Å². The standard InChI is InChI=1S/C36H40FN5O6/c37-27-14-6-4-12-25(27)17-19-39-35(46)29-23-32(43)42-20-8-15-30(42)36(47)41-28(22-24-10-2-1-3-11-24)34(45)38-18-9-21-48-31-16-7-5-13-26(31)33(44)40-29/h1-7,10-14,16,28-30H,8-9,15,17-23H2,(H,38,45)(H,39,46)(H,40,44)(H,41,47)/t28-,29-,30-/m0/s1. The Hall–Kier alpha value is -5.26. The summed E-state index contributed by atoms with van der Waals surface area (Å²) in [6.07, 6.45) is 1.40. The van der Waals surface area contributed by atoms with Crippen molar-refractivity contribution in [3.05, 3.63) is 101 Å². The van der Waals surface area contributed by atoms with Crippen LogP contribution in [0, 0.1) is 5.82 Å². The summed E-state index contributed by atoms with van der Waals surface area (Å²) in [5, 5.41) is 11.1. The molecule has 5 rings (SSSR count). The Kier molecular flexibility index (Phi) is 11.7. The number of hydrogen-bond acceptors (Lipinski definition) is 6. The summed E-state index contributed by atoms with van der Waals surface area (Å²) < 4.78 is 20.0. The number of carbonyl (C=O) groups is 5. The van der Waals surface area contributed by atoms with Gasteiger partial charge in [-0.25, -0.2) is 4.39 Å². The minimum atomic E-state index is -1.29. The van der Waals surface area contributed by atoms with Gasteiger partial charge in [0.15, 0.2) is 0 Å². The summed E-state index contributed by atoms with van der Waals surface area (Å²) in [7, 11) is 0. The fraction of sp³-hybridized carbons (Fsp3) is 0.361. The number of nitrogens with zero attached hydrogens (tertiary/aromatic N) is 1. The summed E-state index contributed by atoms with van der Waals surface area (Å²) in [6.45, 7) is 0.783. The highest BCUT2D eigenvalue weighted by molar-refractivity contribution is 6.01. The highest BCUT2D eigenvalue weighted by Crippen LogP contribution is 2.22. The van der Waals surface area contributed by atoms with Crippen LogP contribution < -0.4 is 26.0 Å². The fourth-order valence-corrected chi connectivity index (χ4v) is 5.92. The van der Waals surface area contributed by atoms with E-state index in [1.54, 1.807) is 42.5 Å². The predicted octanol–water partition coefficient (Wildman–Crippen LogP) is 2.29. The average molecular weight is 658 g/mol. The molecule has 11 nitrogen and oxygen atoms in total. The molecule has 1 saturated heterocycles. The lowest BCUT2D eigenvalue weighted by molar-refractivity contribution is -0.140. The van der Waals surface area contributed by atoms with Crippen LogP contribution in [0.2, 0.25) is 0 Å². The molecule has 0 unspecified atom stereocenters. The van der Waals surface area contributed by atoms with E-state index in [1.165, 1.54) is 11.0 Å². The van der Waals surface area contributed by atoms with Crippen LogP contribution in [0.4, 0.5) is 4.39 Å². The van der Waals surface area contributed by atoms with Gasteiger partial charge in [-0.15, -0.1) is 0 Å². The molecular formula is C36H40FN5O6. The van der Waals surface area contributed by atoms with E-state index in [4.69, 9.17) is 4.74 Å². The normalized spacial score (nSPS) is 20.9. The summed E-state index contributed by atoms with van der Waals surface area (Å²) in [5.41, 5.74) is 1.44. The van der Waals surface area contributed by atoms with Crippen LogP contribution >= 0.6 is 0 Å². The van der Waals surface area contributed by atoms with Gasteiger partial charge in [-0.05, 0) is 55.0 Å². The van der Waals surface area contributed by atoms with E-state index in [-0.39, 0.29) is 56.3 Å². The maximum Gasteiger partial charge on any atom is 0.255 e. The van der Waals surface area contributed by atoms with E-state index >= 15 is 0 Å². The lowest BCUT2D eigenvalue weighted by Gasteiger charge is -2.28. The molecule has 3 atom stereocenters. The van der Waals surface area contributed by atoms with Gasteiger partial charge in [-0.2, -0.15) is 0 Å². The van der Waals surface area contributed by atoms with Gasteiger partial charge in [0.25, 0.3) is 5.91 Å². The Morgan fingerprint density at radius 3 is 2.46 bits per heavy atom. The summed E-state index contributed by atoms with van der Waals surface area (Å²) in [6, 6.07) is 19.1. The van der Waals surface area contributed by atoms with Crippen molar-refractivity contribution in [1.82, 2.24) is 26.2 Å². The Morgan fingerprint density at radius 1 is 0.896 bits per heavy atom. The van der Waals surface area contributed by atoms with Crippen molar-refractivity contribution in [1.29, 1.82) is 0 Å². The van der Waals surface area contributed by atoms with Crippen molar-refractivity contribution in [2.45, 2.75) is 56.7 Å². The Bertz CT molecular complexity index is 1620. The van der Waals surface area contributed by atoms with Gasteiger partial charge in [0.05, 0.1) is 18.6 Å². The zero-order valence-corrected chi connectivity index (χ0v) is 26.6. The van der Waals surface area contributed by atoms with Crippen LogP contribution in [0.15, 0.2) is 78.9 Å². The highest BCUT2D eigenvalue weighted by atomic mass is 19.1. The topological polar surface area (TPSA) is 146 Å². The van der Waals surface area contributed by atoms with Crippen molar-refractivity contribution in [3.63, 3.8) is 0 Å². The van der Waals surface area contributed by atoms with Crippen LogP contribution in [0.5, 0.6) is 5.75 Å². The summed E-state index contributed by atoms with van der Waals surface area (Å²) in [5.74, 6) is -2.70. The molecule has 12 heteroatoms. The lowest BCUT2D eigenvalue weighted by Crippen LogP contribution is -2.55. The Balaban J connectivity index is 1.38. The van der Waals surface area contributed by atoms with Gasteiger partial charge >= 0.3 is 0 Å². The van der Waals surface area contributed by atoms with Gasteiger partial charge in [0.2, 0.25) is 23.6 Å². The average Bonchev–Trinajstić information content (AvgIpc) is 3.59. The molecule has 5 amide bonds. The number of para-hydroxylation sites is 1. The molecule has 4 N–H and O–H groups in total. The molecule has 2 aliphatic heterocycles. The van der Waals surface area contributed by atoms with E-state index in [1.807, 2.05) is 30.3 Å². The molecule has 2 aliphatic rings. The largest absolute Gasteiger partial charge is 0.493 e. The number of halogens is 1. The second kappa shape index (κ2) is 16.5. The van der Waals surface area contributed by atoms with Crippen molar-refractivity contribution in [2.24, 2.45) is 0 Å². The molecule has 252 valence electrons. The first-order valence-electron chi connectivity index (χ1n) is 16.3. The van der Waals surface area contributed by atoms with E-state index in [2.05, 4.69) is 21.3 Å². The number of benzene rings is 3. The number of ether oxygens (including phenoxy) is 1. The SMILES string of the molecule is O=C1N[C@H](C(=O)NCCc2ccccc2F)CC(=O)N2CCC[C@H]2C(=O)N[C@@H](Cc2ccccc2)C(=O)NCCCOc2ccccc21. The first-order valence-corrected chi connectivity index (χ1v) is 16.3. The maximum absolute atomic E-state index is 14.2. The van der Waals surface area contributed by atoms with Crippen LogP contribution in [0.3, 0.4) is 0 Å². The predicted molar refractivity (Wildman–Crippen MR) is 175 cm³/mol. The molecule has 0 aliphatic carbocycles. The summed E-state index contributed by atoms with van der Waals surface area (Å²) in [4.78, 5) is 69.0. The number of amides is 5. The second-order valence-corrected chi connectivity index (χ2v) is 11.8. The second-order valence-electron chi connectivity index (χ2n) is 11.8. The maximum atomic E-state index is 14.2. The van der Waals surface area contributed by atoms with Crippen LogP contribution in [-0.4, -0.2) is 78.8 Å². The fourth-order valence-electron chi connectivity index (χ4n) is 5.92. The zero-order valence-electron chi connectivity index (χ0n) is 26.6. The Labute approximate surface area is 278 Å². The van der Waals surface area contributed by atoms with E-state index in [0.29, 0.717) is 24.8 Å².